The summed E-state index contributed by atoms with van der Waals surface area (Å²) in [5, 5.41) is 3.64. The molecule has 2 rings (SSSR count). The molecule has 2 nitrogen and oxygen atoms in total. The number of hydrogen-bond acceptors (Lipinski definition) is 2. The minimum Gasteiger partial charge on any atom is -0.313 e. The van der Waals surface area contributed by atoms with E-state index in [0.717, 1.165) is 12.6 Å². The normalized spacial score (nSPS) is 19.3. The quantitative estimate of drug-likeness (QED) is 0.815. The zero-order chi connectivity index (χ0) is 10.5. The van der Waals surface area contributed by atoms with Crippen LogP contribution in [-0.2, 0) is 0 Å². The first kappa shape index (κ1) is 10.6. The lowest BCUT2D eigenvalue weighted by Crippen LogP contribution is -2.29. The summed E-state index contributed by atoms with van der Waals surface area (Å²) in [5.41, 5.74) is 1.20. The lowest BCUT2D eigenvalue weighted by Gasteiger charge is -2.16. The van der Waals surface area contributed by atoms with Gasteiger partial charge in [0.1, 0.15) is 0 Å². The van der Waals surface area contributed by atoms with Crippen LogP contribution < -0.4 is 5.32 Å². The van der Waals surface area contributed by atoms with Crippen LogP contribution in [0.3, 0.4) is 0 Å². The maximum Gasteiger partial charge on any atom is 0.0444 e. The maximum atomic E-state index is 4.38. The number of nitrogens with zero attached hydrogens (tertiary/aromatic N) is 1. The fourth-order valence-corrected chi connectivity index (χ4v) is 2.25. The van der Waals surface area contributed by atoms with Gasteiger partial charge in [-0.3, -0.25) is 4.98 Å². The summed E-state index contributed by atoms with van der Waals surface area (Å²) >= 11 is 0. The average Bonchev–Trinajstić information content (AvgIpc) is 2.80. The summed E-state index contributed by atoms with van der Waals surface area (Å²) in [7, 11) is 0. The van der Waals surface area contributed by atoms with Gasteiger partial charge in [-0.25, -0.2) is 0 Å². The van der Waals surface area contributed by atoms with Gasteiger partial charge in [0.05, 0.1) is 0 Å². The molecule has 1 aliphatic carbocycles. The maximum absolute atomic E-state index is 4.38. The summed E-state index contributed by atoms with van der Waals surface area (Å²) < 4.78 is 0. The number of pyridine rings is 1. The minimum atomic E-state index is 0.520. The van der Waals surface area contributed by atoms with E-state index in [1.165, 1.54) is 31.4 Å². The van der Waals surface area contributed by atoms with Crippen LogP contribution in [0.1, 0.15) is 44.2 Å². The topological polar surface area (TPSA) is 24.9 Å². The predicted molar refractivity (Wildman–Crippen MR) is 62.9 cm³/mol. The largest absolute Gasteiger partial charge is 0.313 e. The molecule has 2 heteroatoms. The van der Waals surface area contributed by atoms with Crippen molar-refractivity contribution in [1.82, 2.24) is 10.3 Å². The molecule has 1 aliphatic rings. The van der Waals surface area contributed by atoms with Gasteiger partial charge in [-0.2, -0.15) is 0 Å². The molecule has 1 aromatic rings. The van der Waals surface area contributed by atoms with E-state index < -0.39 is 0 Å². The lowest BCUT2D eigenvalue weighted by molar-refractivity contribution is 0.496. The molecule has 15 heavy (non-hydrogen) atoms. The van der Waals surface area contributed by atoms with Crippen molar-refractivity contribution in [2.75, 3.05) is 6.54 Å². The second-order valence-corrected chi connectivity index (χ2v) is 4.55. The van der Waals surface area contributed by atoms with Gasteiger partial charge in [0, 0.05) is 30.4 Å². The van der Waals surface area contributed by atoms with Crippen molar-refractivity contribution in [3.63, 3.8) is 0 Å². The van der Waals surface area contributed by atoms with Crippen LogP contribution >= 0.6 is 0 Å². The van der Waals surface area contributed by atoms with E-state index in [1.54, 1.807) is 0 Å². The highest BCUT2D eigenvalue weighted by molar-refractivity contribution is 5.08. The van der Waals surface area contributed by atoms with E-state index in [4.69, 9.17) is 0 Å². The average molecular weight is 204 g/mol. The van der Waals surface area contributed by atoms with Crippen LogP contribution in [0.2, 0.25) is 0 Å². The molecule has 1 atom stereocenters. The van der Waals surface area contributed by atoms with Gasteiger partial charge in [0.25, 0.3) is 0 Å². The SMILES string of the molecule is CC(CNC1CCCC1)c1ccccn1. The molecule has 1 saturated carbocycles. The van der Waals surface area contributed by atoms with Gasteiger partial charge >= 0.3 is 0 Å². The monoisotopic (exact) mass is 204 g/mol. The Hall–Kier alpha value is -0.890. The molecule has 82 valence electrons. The number of hydrogen-bond donors (Lipinski definition) is 1. The molecule has 0 bridgehead atoms. The van der Waals surface area contributed by atoms with E-state index >= 15 is 0 Å². The van der Waals surface area contributed by atoms with E-state index in [0.29, 0.717) is 5.92 Å². The van der Waals surface area contributed by atoms with E-state index in [2.05, 4.69) is 29.4 Å². The summed E-state index contributed by atoms with van der Waals surface area (Å²) in [6.45, 7) is 3.30. The van der Waals surface area contributed by atoms with Crippen LogP contribution in [0.4, 0.5) is 0 Å². The smallest absolute Gasteiger partial charge is 0.0444 e. The summed E-state index contributed by atoms with van der Waals surface area (Å²) in [6.07, 6.45) is 7.39. The highest BCUT2D eigenvalue weighted by Crippen LogP contribution is 2.19. The van der Waals surface area contributed by atoms with Crippen molar-refractivity contribution in [3.05, 3.63) is 30.1 Å². The molecule has 1 N–H and O–H groups in total. The third kappa shape index (κ3) is 3.03. The van der Waals surface area contributed by atoms with Crippen molar-refractivity contribution in [2.45, 2.75) is 44.6 Å². The molecule has 0 aromatic carbocycles. The number of aromatic nitrogens is 1. The first-order chi connectivity index (χ1) is 7.36. The van der Waals surface area contributed by atoms with Crippen molar-refractivity contribution >= 4 is 0 Å². The Bertz CT molecular complexity index is 278. The van der Waals surface area contributed by atoms with Crippen molar-refractivity contribution in [1.29, 1.82) is 0 Å². The first-order valence-electron chi connectivity index (χ1n) is 6.00. The molecular weight excluding hydrogens is 184 g/mol. The van der Waals surface area contributed by atoms with Gasteiger partial charge in [0.2, 0.25) is 0 Å². The standard InChI is InChI=1S/C13H20N2/c1-11(13-8-4-5-9-14-13)10-15-12-6-2-3-7-12/h4-5,8-9,11-12,15H,2-3,6-7,10H2,1H3. The van der Waals surface area contributed by atoms with Crippen molar-refractivity contribution in [2.24, 2.45) is 0 Å². The molecule has 0 saturated heterocycles. The lowest BCUT2D eigenvalue weighted by atomic mass is 10.1. The number of rotatable bonds is 4. The van der Waals surface area contributed by atoms with E-state index in [9.17, 15) is 0 Å². The Balaban J connectivity index is 1.79. The summed E-state index contributed by atoms with van der Waals surface area (Å²) in [4.78, 5) is 4.38. The Morgan fingerprint density at radius 2 is 2.20 bits per heavy atom. The molecule has 1 unspecified atom stereocenters. The van der Waals surface area contributed by atoms with E-state index in [-0.39, 0.29) is 0 Å². The summed E-state index contributed by atoms with van der Waals surface area (Å²) in [6, 6.07) is 6.91. The fourth-order valence-electron chi connectivity index (χ4n) is 2.25. The zero-order valence-electron chi connectivity index (χ0n) is 9.45. The molecule has 1 fully saturated rings. The van der Waals surface area contributed by atoms with Gasteiger partial charge in [-0.05, 0) is 25.0 Å². The molecule has 0 radical (unpaired) electrons. The number of nitrogens with one attached hydrogen (secondary N) is 1. The van der Waals surface area contributed by atoms with Gasteiger partial charge in [-0.1, -0.05) is 25.8 Å². The van der Waals surface area contributed by atoms with Crippen LogP contribution in [0.15, 0.2) is 24.4 Å². The predicted octanol–water partition coefficient (Wildman–Crippen LogP) is 2.72. The second kappa shape index (κ2) is 5.26. The zero-order valence-corrected chi connectivity index (χ0v) is 9.45. The molecule has 0 amide bonds. The Kier molecular flexibility index (Phi) is 3.73. The fraction of sp³-hybridized carbons (Fsp3) is 0.615. The molecular formula is C13H20N2. The van der Waals surface area contributed by atoms with Crippen molar-refractivity contribution in [3.8, 4) is 0 Å². The molecule has 1 aromatic heterocycles. The van der Waals surface area contributed by atoms with Gasteiger partial charge < -0.3 is 5.32 Å². The Labute approximate surface area is 92.1 Å². The highest BCUT2D eigenvalue weighted by atomic mass is 14.9. The van der Waals surface area contributed by atoms with Crippen LogP contribution in [0.5, 0.6) is 0 Å². The first-order valence-corrected chi connectivity index (χ1v) is 6.00. The van der Waals surface area contributed by atoms with Gasteiger partial charge in [-0.15, -0.1) is 0 Å². The van der Waals surface area contributed by atoms with Crippen LogP contribution in [0, 0.1) is 0 Å². The third-order valence-electron chi connectivity index (χ3n) is 3.26. The highest BCUT2D eigenvalue weighted by Gasteiger charge is 2.15. The van der Waals surface area contributed by atoms with Gasteiger partial charge in [0.15, 0.2) is 0 Å². The molecule has 1 heterocycles. The van der Waals surface area contributed by atoms with Crippen LogP contribution in [0.25, 0.3) is 0 Å². The second-order valence-electron chi connectivity index (χ2n) is 4.55. The molecule has 0 aliphatic heterocycles. The van der Waals surface area contributed by atoms with Crippen LogP contribution in [-0.4, -0.2) is 17.6 Å². The van der Waals surface area contributed by atoms with E-state index in [1.807, 2.05) is 12.3 Å². The third-order valence-corrected chi connectivity index (χ3v) is 3.26. The Morgan fingerprint density at radius 1 is 1.40 bits per heavy atom. The summed E-state index contributed by atoms with van der Waals surface area (Å²) in [5.74, 6) is 0.520. The molecule has 0 spiro atoms. The Morgan fingerprint density at radius 3 is 2.87 bits per heavy atom. The minimum absolute atomic E-state index is 0.520. The van der Waals surface area contributed by atoms with Crippen molar-refractivity contribution < 1.29 is 0 Å².